The van der Waals surface area contributed by atoms with E-state index in [-0.39, 0.29) is 11.8 Å². The van der Waals surface area contributed by atoms with Crippen LogP contribution in [0.5, 0.6) is 0 Å². The Bertz CT molecular complexity index is 237. The number of likely N-dealkylation sites (tertiary alicyclic amines) is 1. The van der Waals surface area contributed by atoms with Crippen molar-refractivity contribution in [3.05, 3.63) is 0 Å². The summed E-state index contributed by atoms with van der Waals surface area (Å²) < 4.78 is 0. The van der Waals surface area contributed by atoms with Crippen molar-refractivity contribution in [2.75, 3.05) is 33.2 Å². The molecule has 0 bridgehead atoms. The van der Waals surface area contributed by atoms with E-state index in [1.807, 2.05) is 0 Å². The first-order valence-electron chi connectivity index (χ1n) is 7.33. The zero-order valence-electron chi connectivity index (χ0n) is 12.0. The van der Waals surface area contributed by atoms with E-state index in [9.17, 15) is 4.79 Å². The van der Waals surface area contributed by atoms with Crippen LogP contribution in [0.1, 0.15) is 39.0 Å². The summed E-state index contributed by atoms with van der Waals surface area (Å²) in [5, 5.41) is 3.04. The number of rotatable bonds is 7. The summed E-state index contributed by atoms with van der Waals surface area (Å²) in [4.78, 5) is 14.2. The van der Waals surface area contributed by atoms with E-state index in [1.165, 1.54) is 25.9 Å². The number of carbonyl (C=O) groups excluding carboxylic acids is 1. The van der Waals surface area contributed by atoms with E-state index in [4.69, 9.17) is 5.73 Å². The van der Waals surface area contributed by atoms with Crippen LogP contribution in [0.3, 0.4) is 0 Å². The maximum atomic E-state index is 11.9. The normalized spacial score (nSPS) is 19.7. The topological polar surface area (TPSA) is 58.4 Å². The highest BCUT2D eigenvalue weighted by Crippen LogP contribution is 2.18. The van der Waals surface area contributed by atoms with Crippen LogP contribution in [0.25, 0.3) is 0 Å². The maximum Gasteiger partial charge on any atom is 0.224 e. The summed E-state index contributed by atoms with van der Waals surface area (Å²) in [5.74, 6) is 0.934. The van der Waals surface area contributed by atoms with Gasteiger partial charge in [0.1, 0.15) is 0 Å². The van der Waals surface area contributed by atoms with Gasteiger partial charge in [-0.2, -0.15) is 0 Å². The monoisotopic (exact) mass is 255 g/mol. The molecule has 4 heteroatoms. The molecule has 0 aliphatic carbocycles. The van der Waals surface area contributed by atoms with Gasteiger partial charge in [0.15, 0.2) is 0 Å². The van der Waals surface area contributed by atoms with Crippen LogP contribution in [0.2, 0.25) is 0 Å². The number of hydrogen-bond acceptors (Lipinski definition) is 3. The average molecular weight is 255 g/mol. The Morgan fingerprint density at radius 2 is 2.11 bits per heavy atom. The van der Waals surface area contributed by atoms with Gasteiger partial charge in [0.25, 0.3) is 0 Å². The van der Waals surface area contributed by atoms with Gasteiger partial charge >= 0.3 is 0 Å². The first-order valence-corrected chi connectivity index (χ1v) is 7.33. The highest BCUT2D eigenvalue weighted by atomic mass is 16.1. The number of carbonyl (C=O) groups is 1. The van der Waals surface area contributed by atoms with Crippen molar-refractivity contribution in [1.82, 2.24) is 10.2 Å². The van der Waals surface area contributed by atoms with E-state index in [0.717, 1.165) is 31.7 Å². The predicted octanol–water partition coefficient (Wildman–Crippen LogP) is 1.21. The highest BCUT2D eigenvalue weighted by molar-refractivity contribution is 5.78. The minimum atomic E-state index is 0.00693. The van der Waals surface area contributed by atoms with E-state index >= 15 is 0 Å². The van der Waals surface area contributed by atoms with Gasteiger partial charge in [0.05, 0.1) is 5.92 Å². The van der Waals surface area contributed by atoms with Gasteiger partial charge in [0, 0.05) is 13.1 Å². The minimum Gasteiger partial charge on any atom is -0.356 e. The van der Waals surface area contributed by atoms with Gasteiger partial charge in [0.2, 0.25) is 5.91 Å². The molecule has 1 amide bonds. The molecule has 1 rings (SSSR count). The second-order valence-electron chi connectivity index (χ2n) is 5.55. The zero-order chi connectivity index (χ0) is 13.4. The Morgan fingerprint density at radius 1 is 1.44 bits per heavy atom. The smallest absolute Gasteiger partial charge is 0.224 e. The molecule has 1 aliphatic rings. The summed E-state index contributed by atoms with van der Waals surface area (Å²) >= 11 is 0. The van der Waals surface area contributed by atoms with Crippen molar-refractivity contribution in [2.45, 2.75) is 39.0 Å². The zero-order valence-corrected chi connectivity index (χ0v) is 12.0. The van der Waals surface area contributed by atoms with Gasteiger partial charge in [-0.25, -0.2) is 0 Å². The summed E-state index contributed by atoms with van der Waals surface area (Å²) in [7, 11) is 2.18. The lowest BCUT2D eigenvalue weighted by molar-refractivity contribution is -0.124. The largest absolute Gasteiger partial charge is 0.356 e. The Labute approximate surface area is 111 Å². The average Bonchev–Trinajstić information content (AvgIpc) is 2.38. The molecular formula is C14H29N3O. The van der Waals surface area contributed by atoms with Crippen LogP contribution in [-0.2, 0) is 4.79 Å². The number of amides is 1. The molecule has 1 fully saturated rings. The molecular weight excluding hydrogens is 226 g/mol. The molecule has 0 aromatic rings. The summed E-state index contributed by atoms with van der Waals surface area (Å²) in [6.07, 6.45) is 5.56. The Hall–Kier alpha value is -0.610. The lowest BCUT2D eigenvalue weighted by atomic mass is 9.94. The molecule has 0 aromatic heterocycles. The van der Waals surface area contributed by atoms with E-state index < -0.39 is 0 Å². The van der Waals surface area contributed by atoms with Crippen LogP contribution in [0.15, 0.2) is 0 Å². The fourth-order valence-electron chi connectivity index (χ4n) is 2.60. The number of nitrogens with two attached hydrogens (primary N) is 1. The Balaban J connectivity index is 2.14. The van der Waals surface area contributed by atoms with E-state index in [0.29, 0.717) is 6.54 Å². The lowest BCUT2D eigenvalue weighted by Crippen LogP contribution is -2.37. The molecule has 1 heterocycles. The van der Waals surface area contributed by atoms with Gasteiger partial charge < -0.3 is 16.0 Å². The molecule has 1 unspecified atom stereocenters. The van der Waals surface area contributed by atoms with E-state index in [1.54, 1.807) is 0 Å². The van der Waals surface area contributed by atoms with Crippen LogP contribution < -0.4 is 11.1 Å². The first-order chi connectivity index (χ1) is 8.67. The maximum absolute atomic E-state index is 11.9. The van der Waals surface area contributed by atoms with Crippen molar-refractivity contribution in [2.24, 2.45) is 17.6 Å². The molecule has 4 nitrogen and oxygen atoms in total. The third-order valence-electron chi connectivity index (χ3n) is 3.98. The molecule has 3 N–H and O–H groups in total. The second-order valence-corrected chi connectivity index (χ2v) is 5.55. The molecule has 0 radical (unpaired) electrons. The number of nitrogens with one attached hydrogen (secondary N) is 1. The van der Waals surface area contributed by atoms with Crippen molar-refractivity contribution >= 4 is 5.91 Å². The van der Waals surface area contributed by atoms with Crippen molar-refractivity contribution in [3.8, 4) is 0 Å². The van der Waals surface area contributed by atoms with Crippen molar-refractivity contribution in [3.63, 3.8) is 0 Å². The Morgan fingerprint density at radius 3 is 2.67 bits per heavy atom. The molecule has 1 saturated heterocycles. The predicted molar refractivity (Wildman–Crippen MR) is 75.3 cm³/mol. The molecule has 0 aromatic carbocycles. The standard InChI is InChI=1S/C14H29N3O/c1-3-4-13(11-15)14(18)16-8-5-12-6-9-17(2)10-7-12/h12-13H,3-11,15H2,1-2H3,(H,16,18). The summed E-state index contributed by atoms with van der Waals surface area (Å²) in [5.41, 5.74) is 5.62. The fraction of sp³-hybridized carbons (Fsp3) is 0.929. The third kappa shape index (κ3) is 5.36. The van der Waals surface area contributed by atoms with E-state index in [2.05, 4.69) is 24.2 Å². The van der Waals surface area contributed by atoms with Crippen molar-refractivity contribution < 1.29 is 4.79 Å². The molecule has 1 atom stereocenters. The molecule has 106 valence electrons. The number of nitrogens with zero attached hydrogens (tertiary/aromatic N) is 1. The quantitative estimate of drug-likeness (QED) is 0.719. The molecule has 0 spiro atoms. The first kappa shape index (κ1) is 15.4. The van der Waals surface area contributed by atoms with Gasteiger partial charge in [-0.1, -0.05) is 13.3 Å². The lowest BCUT2D eigenvalue weighted by Gasteiger charge is -2.29. The second kappa shape index (κ2) is 8.48. The van der Waals surface area contributed by atoms with Crippen molar-refractivity contribution in [1.29, 1.82) is 0 Å². The number of piperidine rings is 1. The third-order valence-corrected chi connectivity index (χ3v) is 3.98. The molecule has 1 aliphatic heterocycles. The van der Waals surface area contributed by atoms with Crippen LogP contribution in [-0.4, -0.2) is 44.0 Å². The van der Waals surface area contributed by atoms with Crippen LogP contribution in [0.4, 0.5) is 0 Å². The Kier molecular flexibility index (Phi) is 7.28. The molecule has 0 saturated carbocycles. The van der Waals surface area contributed by atoms with Gasteiger partial charge in [-0.15, -0.1) is 0 Å². The number of hydrogen-bond donors (Lipinski definition) is 2. The summed E-state index contributed by atoms with van der Waals surface area (Å²) in [6.45, 7) is 5.76. The fourth-order valence-corrected chi connectivity index (χ4v) is 2.60. The van der Waals surface area contributed by atoms with Crippen LogP contribution in [0, 0.1) is 11.8 Å². The SMILES string of the molecule is CCCC(CN)C(=O)NCCC1CCN(C)CC1. The van der Waals surface area contributed by atoms with Gasteiger partial charge in [-0.3, -0.25) is 4.79 Å². The summed E-state index contributed by atoms with van der Waals surface area (Å²) in [6, 6.07) is 0. The highest BCUT2D eigenvalue weighted by Gasteiger charge is 2.18. The minimum absolute atomic E-state index is 0.00693. The molecule has 18 heavy (non-hydrogen) atoms. The van der Waals surface area contributed by atoms with Crippen LogP contribution >= 0.6 is 0 Å². The van der Waals surface area contributed by atoms with Gasteiger partial charge in [-0.05, 0) is 51.7 Å².